The van der Waals surface area contributed by atoms with Crippen LogP contribution in [0, 0.1) is 5.82 Å². The Labute approximate surface area is 151 Å². The molecule has 3 rings (SSSR count). The van der Waals surface area contributed by atoms with Gasteiger partial charge in [0, 0.05) is 12.6 Å². The van der Waals surface area contributed by atoms with E-state index in [1.807, 2.05) is 30.3 Å². The molecule has 134 valence electrons. The fraction of sp³-hybridized carbons (Fsp3) is 0.200. The molecule has 0 fully saturated rings. The number of aliphatic hydroxyl groups is 1. The second-order valence-electron chi connectivity index (χ2n) is 6.37. The van der Waals surface area contributed by atoms with E-state index < -0.39 is 5.60 Å². The van der Waals surface area contributed by atoms with Crippen LogP contribution >= 0.6 is 0 Å². The number of aryl methyl sites for hydroxylation is 1. The molecule has 2 aromatic carbocycles. The van der Waals surface area contributed by atoms with Crippen LogP contribution in [0.4, 0.5) is 4.39 Å². The minimum atomic E-state index is -1.19. The van der Waals surface area contributed by atoms with Crippen molar-refractivity contribution >= 4 is 5.91 Å². The smallest absolute Gasteiger partial charge is 0.269 e. The summed E-state index contributed by atoms with van der Waals surface area (Å²) in [6.45, 7) is 1.71. The van der Waals surface area contributed by atoms with Crippen LogP contribution in [0.1, 0.15) is 23.0 Å². The Hall–Kier alpha value is -2.99. The minimum absolute atomic E-state index is 0.0624. The van der Waals surface area contributed by atoms with Crippen LogP contribution in [-0.4, -0.2) is 27.3 Å². The lowest BCUT2D eigenvalue weighted by Gasteiger charge is -2.24. The van der Waals surface area contributed by atoms with Crippen LogP contribution in [0.2, 0.25) is 0 Å². The molecule has 0 aliphatic carbocycles. The molecule has 2 N–H and O–H groups in total. The molecule has 5 nitrogen and oxygen atoms in total. The lowest BCUT2D eigenvalue weighted by molar-refractivity contribution is 0.0523. The van der Waals surface area contributed by atoms with Gasteiger partial charge in [-0.3, -0.25) is 9.48 Å². The predicted molar refractivity (Wildman–Crippen MR) is 96.9 cm³/mol. The second-order valence-corrected chi connectivity index (χ2v) is 6.37. The van der Waals surface area contributed by atoms with Crippen LogP contribution in [0.25, 0.3) is 11.3 Å². The van der Waals surface area contributed by atoms with E-state index in [1.54, 1.807) is 32.2 Å². The Morgan fingerprint density at radius 1 is 1.19 bits per heavy atom. The van der Waals surface area contributed by atoms with Crippen molar-refractivity contribution < 1.29 is 14.3 Å². The molecule has 0 saturated heterocycles. The number of benzene rings is 2. The van der Waals surface area contributed by atoms with Crippen molar-refractivity contribution in [3.05, 3.63) is 77.7 Å². The van der Waals surface area contributed by atoms with E-state index in [2.05, 4.69) is 10.4 Å². The Morgan fingerprint density at radius 2 is 1.85 bits per heavy atom. The third kappa shape index (κ3) is 3.81. The SMILES string of the molecule is Cn1nc(-c2ccc(F)cc2)cc1C(=O)NC[C@](C)(O)c1ccccc1. The molecule has 1 heterocycles. The molecule has 0 aliphatic heterocycles. The normalized spacial score (nSPS) is 13.2. The molecule has 0 saturated carbocycles. The lowest BCUT2D eigenvalue weighted by Crippen LogP contribution is -2.39. The first-order valence-corrected chi connectivity index (χ1v) is 8.23. The van der Waals surface area contributed by atoms with E-state index in [-0.39, 0.29) is 18.3 Å². The van der Waals surface area contributed by atoms with E-state index in [9.17, 15) is 14.3 Å². The molecule has 0 aliphatic rings. The largest absolute Gasteiger partial charge is 0.384 e. The fourth-order valence-corrected chi connectivity index (χ4v) is 2.68. The predicted octanol–water partition coefficient (Wildman–Crippen LogP) is 2.86. The Morgan fingerprint density at radius 3 is 2.50 bits per heavy atom. The average Bonchev–Trinajstić information content (AvgIpc) is 3.03. The van der Waals surface area contributed by atoms with Crippen molar-refractivity contribution in [1.82, 2.24) is 15.1 Å². The van der Waals surface area contributed by atoms with Gasteiger partial charge in [0.1, 0.15) is 17.1 Å². The number of amides is 1. The molecule has 0 radical (unpaired) electrons. The number of aromatic nitrogens is 2. The van der Waals surface area contributed by atoms with Gasteiger partial charge in [-0.05, 0) is 42.8 Å². The molecule has 0 spiro atoms. The summed E-state index contributed by atoms with van der Waals surface area (Å²) in [5.74, 6) is -0.671. The second kappa shape index (κ2) is 7.09. The number of carbonyl (C=O) groups excluding carboxylic acids is 1. The lowest BCUT2D eigenvalue weighted by atomic mass is 9.96. The minimum Gasteiger partial charge on any atom is -0.384 e. The molecule has 6 heteroatoms. The van der Waals surface area contributed by atoms with Crippen LogP contribution in [0.5, 0.6) is 0 Å². The molecule has 26 heavy (non-hydrogen) atoms. The summed E-state index contributed by atoms with van der Waals surface area (Å²) in [6.07, 6.45) is 0. The van der Waals surface area contributed by atoms with Crippen LogP contribution in [0.15, 0.2) is 60.7 Å². The van der Waals surface area contributed by atoms with Crippen molar-refractivity contribution in [3.8, 4) is 11.3 Å². The molecule has 1 atom stereocenters. The van der Waals surface area contributed by atoms with Gasteiger partial charge in [-0.15, -0.1) is 0 Å². The first-order valence-electron chi connectivity index (χ1n) is 8.23. The maximum atomic E-state index is 13.1. The number of rotatable bonds is 5. The van der Waals surface area contributed by atoms with Gasteiger partial charge >= 0.3 is 0 Å². The third-order valence-corrected chi connectivity index (χ3v) is 4.24. The van der Waals surface area contributed by atoms with E-state index in [0.29, 0.717) is 11.4 Å². The zero-order chi connectivity index (χ0) is 18.7. The summed E-state index contributed by atoms with van der Waals surface area (Å²) in [4.78, 5) is 12.5. The van der Waals surface area contributed by atoms with Crippen LogP contribution in [-0.2, 0) is 12.6 Å². The quantitative estimate of drug-likeness (QED) is 0.741. The molecule has 0 bridgehead atoms. The van der Waals surface area contributed by atoms with Gasteiger partial charge in [-0.25, -0.2) is 4.39 Å². The zero-order valence-corrected chi connectivity index (χ0v) is 14.6. The first kappa shape index (κ1) is 17.8. The van der Waals surface area contributed by atoms with E-state index in [0.717, 1.165) is 11.1 Å². The van der Waals surface area contributed by atoms with Crippen molar-refractivity contribution in [1.29, 1.82) is 0 Å². The highest BCUT2D eigenvalue weighted by molar-refractivity contribution is 5.93. The molecule has 1 amide bonds. The standard InChI is InChI=1S/C20H20FN3O2/c1-20(26,15-6-4-3-5-7-15)13-22-19(25)18-12-17(23-24(18)2)14-8-10-16(21)11-9-14/h3-12,26H,13H2,1-2H3,(H,22,25)/t20-/m0/s1. The van der Waals surface area contributed by atoms with Gasteiger partial charge in [-0.1, -0.05) is 30.3 Å². The van der Waals surface area contributed by atoms with Gasteiger partial charge in [0.25, 0.3) is 5.91 Å². The number of nitrogens with zero attached hydrogens (tertiary/aromatic N) is 2. The summed E-state index contributed by atoms with van der Waals surface area (Å²) in [6, 6.07) is 16.7. The highest BCUT2D eigenvalue weighted by Crippen LogP contribution is 2.21. The summed E-state index contributed by atoms with van der Waals surface area (Å²) in [5, 5.41) is 17.6. The average molecular weight is 353 g/mol. The third-order valence-electron chi connectivity index (χ3n) is 4.24. The number of carbonyl (C=O) groups is 1. The monoisotopic (exact) mass is 353 g/mol. The summed E-state index contributed by atoms with van der Waals surface area (Å²) < 4.78 is 14.5. The number of halogens is 1. The van der Waals surface area contributed by atoms with Crippen LogP contribution < -0.4 is 5.32 Å². The molecular weight excluding hydrogens is 333 g/mol. The van der Waals surface area contributed by atoms with Crippen LogP contribution in [0.3, 0.4) is 0 Å². The zero-order valence-electron chi connectivity index (χ0n) is 14.6. The first-order chi connectivity index (χ1) is 12.4. The number of hydrogen-bond acceptors (Lipinski definition) is 3. The van der Waals surface area contributed by atoms with Crippen molar-refractivity contribution in [2.75, 3.05) is 6.54 Å². The molecular formula is C20H20FN3O2. The van der Waals surface area contributed by atoms with E-state index >= 15 is 0 Å². The number of hydrogen-bond donors (Lipinski definition) is 2. The molecule has 1 aromatic heterocycles. The molecule has 3 aromatic rings. The number of nitrogens with one attached hydrogen (secondary N) is 1. The van der Waals surface area contributed by atoms with Crippen molar-refractivity contribution in [2.24, 2.45) is 7.05 Å². The fourth-order valence-electron chi connectivity index (χ4n) is 2.68. The van der Waals surface area contributed by atoms with E-state index in [4.69, 9.17) is 0 Å². The Bertz CT molecular complexity index is 903. The maximum absolute atomic E-state index is 13.1. The van der Waals surface area contributed by atoms with E-state index in [1.165, 1.54) is 16.8 Å². The van der Waals surface area contributed by atoms with Gasteiger partial charge in [0.05, 0.1) is 12.2 Å². The van der Waals surface area contributed by atoms with Gasteiger partial charge in [-0.2, -0.15) is 5.10 Å². The highest BCUT2D eigenvalue weighted by atomic mass is 19.1. The topological polar surface area (TPSA) is 67.2 Å². The van der Waals surface area contributed by atoms with Crippen molar-refractivity contribution in [2.45, 2.75) is 12.5 Å². The van der Waals surface area contributed by atoms with Crippen molar-refractivity contribution in [3.63, 3.8) is 0 Å². The van der Waals surface area contributed by atoms with Gasteiger partial charge in [0.2, 0.25) is 0 Å². The maximum Gasteiger partial charge on any atom is 0.269 e. The highest BCUT2D eigenvalue weighted by Gasteiger charge is 2.24. The van der Waals surface area contributed by atoms with Gasteiger partial charge in [0.15, 0.2) is 0 Å². The Balaban J connectivity index is 1.73. The van der Waals surface area contributed by atoms with Gasteiger partial charge < -0.3 is 10.4 Å². The Kier molecular flexibility index (Phi) is 4.86. The summed E-state index contributed by atoms with van der Waals surface area (Å²) in [5.41, 5.74) is 1.19. The molecule has 0 unspecified atom stereocenters. The summed E-state index contributed by atoms with van der Waals surface area (Å²) >= 11 is 0. The summed E-state index contributed by atoms with van der Waals surface area (Å²) in [7, 11) is 1.66.